The molecule has 0 aliphatic carbocycles. The Morgan fingerprint density at radius 1 is 1.11 bits per heavy atom. The zero-order chi connectivity index (χ0) is 13.6. The van der Waals surface area contributed by atoms with Crippen molar-refractivity contribution in [1.29, 1.82) is 0 Å². The van der Waals surface area contributed by atoms with Gasteiger partial charge in [0, 0.05) is 0 Å². The van der Waals surface area contributed by atoms with Crippen molar-refractivity contribution in [1.82, 2.24) is 19.7 Å². The van der Waals surface area contributed by atoms with E-state index in [0.717, 1.165) is 22.4 Å². The Kier molecular flexibility index (Phi) is 2.64. The fourth-order valence-electron chi connectivity index (χ4n) is 1.99. The molecule has 0 bridgehead atoms. The molecule has 0 aliphatic heterocycles. The average molecular weight is 274 g/mol. The highest BCUT2D eigenvalue weighted by Crippen LogP contribution is 2.24. The van der Waals surface area contributed by atoms with Gasteiger partial charge in [0.05, 0.1) is 27.4 Å². The van der Waals surface area contributed by atoms with Crippen molar-refractivity contribution in [3.05, 3.63) is 40.7 Å². The van der Waals surface area contributed by atoms with Crippen molar-refractivity contribution in [3.63, 3.8) is 0 Å². The minimum atomic E-state index is 0.334. The topological polar surface area (TPSA) is 69.6 Å². The molecule has 0 unspecified atom stereocenters. The van der Waals surface area contributed by atoms with Gasteiger partial charge < -0.3 is 5.73 Å². The molecule has 0 radical (unpaired) electrons. The predicted molar refractivity (Wildman–Crippen MR) is 75.6 cm³/mol. The number of nitrogens with zero attached hydrogens (tertiary/aromatic N) is 4. The number of hydrogen-bond donors (Lipinski definition) is 1. The number of anilines is 1. The molecule has 5 nitrogen and oxygen atoms in total. The third kappa shape index (κ3) is 1.82. The number of benzene rings is 1. The molecule has 2 heterocycles. The molecule has 2 aromatic heterocycles. The van der Waals surface area contributed by atoms with E-state index < -0.39 is 0 Å². The van der Waals surface area contributed by atoms with Crippen molar-refractivity contribution in [2.24, 2.45) is 0 Å². The van der Waals surface area contributed by atoms with Gasteiger partial charge in [0.1, 0.15) is 0 Å². The fourth-order valence-corrected chi connectivity index (χ4v) is 2.11. The van der Waals surface area contributed by atoms with Gasteiger partial charge in [-0.05, 0) is 26.0 Å². The van der Waals surface area contributed by atoms with Crippen molar-refractivity contribution in [2.45, 2.75) is 13.8 Å². The Balaban J connectivity index is 2.30. The molecular formula is C13H12ClN5. The number of aryl methyl sites for hydroxylation is 1. The van der Waals surface area contributed by atoms with Gasteiger partial charge in [0.15, 0.2) is 11.6 Å². The van der Waals surface area contributed by atoms with E-state index in [4.69, 9.17) is 17.3 Å². The summed E-state index contributed by atoms with van der Waals surface area (Å²) in [5.74, 6) is 0.840. The van der Waals surface area contributed by atoms with Crippen LogP contribution < -0.4 is 5.73 Å². The zero-order valence-electron chi connectivity index (χ0n) is 10.6. The molecule has 0 saturated heterocycles. The van der Waals surface area contributed by atoms with Gasteiger partial charge in [-0.15, -0.1) is 0 Å². The third-order valence-corrected chi connectivity index (χ3v) is 3.53. The van der Waals surface area contributed by atoms with E-state index in [1.165, 1.54) is 0 Å². The van der Waals surface area contributed by atoms with E-state index >= 15 is 0 Å². The van der Waals surface area contributed by atoms with E-state index in [-0.39, 0.29) is 0 Å². The number of rotatable bonds is 1. The molecule has 0 fully saturated rings. The lowest BCUT2D eigenvalue weighted by Crippen LogP contribution is -2.08. The summed E-state index contributed by atoms with van der Waals surface area (Å²) < 4.78 is 1.63. The Morgan fingerprint density at radius 3 is 2.32 bits per heavy atom. The van der Waals surface area contributed by atoms with Crippen LogP contribution in [0, 0.1) is 13.8 Å². The molecule has 2 N–H and O–H groups in total. The minimum absolute atomic E-state index is 0.334. The van der Waals surface area contributed by atoms with Crippen LogP contribution in [0.4, 0.5) is 5.82 Å². The molecule has 3 aromatic rings. The number of hydrogen-bond acceptors (Lipinski definition) is 4. The van der Waals surface area contributed by atoms with Crippen LogP contribution in [-0.2, 0) is 0 Å². The number of halogens is 1. The van der Waals surface area contributed by atoms with Gasteiger partial charge in [-0.25, -0.2) is 14.6 Å². The zero-order valence-corrected chi connectivity index (χ0v) is 11.3. The lowest BCUT2D eigenvalue weighted by Gasteiger charge is -2.07. The molecule has 3 rings (SSSR count). The molecular weight excluding hydrogens is 262 g/mol. The third-order valence-electron chi connectivity index (χ3n) is 2.98. The molecule has 0 aliphatic rings. The first-order valence-corrected chi connectivity index (χ1v) is 6.20. The van der Waals surface area contributed by atoms with Gasteiger partial charge >= 0.3 is 0 Å². The second kappa shape index (κ2) is 4.20. The van der Waals surface area contributed by atoms with Crippen LogP contribution in [0.5, 0.6) is 0 Å². The summed E-state index contributed by atoms with van der Waals surface area (Å²) in [4.78, 5) is 8.86. The van der Waals surface area contributed by atoms with E-state index in [2.05, 4.69) is 15.1 Å². The van der Waals surface area contributed by atoms with Crippen LogP contribution in [-0.4, -0.2) is 19.7 Å². The standard InChI is InChI=1S/C13H12ClN5/c1-7-11(14)8(2)19(18-7)13-12(15)16-9-5-3-4-6-10(9)17-13/h3-6H,1-2H3,(H2,15,16). The molecule has 6 heteroatoms. The first kappa shape index (κ1) is 11.9. The van der Waals surface area contributed by atoms with Gasteiger partial charge in [-0.3, -0.25) is 0 Å². The van der Waals surface area contributed by atoms with E-state index in [1.807, 2.05) is 38.1 Å². The summed E-state index contributed by atoms with van der Waals surface area (Å²) in [5.41, 5.74) is 9.05. The van der Waals surface area contributed by atoms with Gasteiger partial charge in [0.25, 0.3) is 0 Å². The van der Waals surface area contributed by atoms with Crippen molar-refractivity contribution >= 4 is 28.5 Å². The lowest BCUT2D eigenvalue weighted by molar-refractivity contribution is 0.809. The largest absolute Gasteiger partial charge is 0.381 e. The Bertz CT molecular complexity index is 778. The van der Waals surface area contributed by atoms with E-state index in [9.17, 15) is 0 Å². The molecule has 0 saturated carbocycles. The summed E-state index contributed by atoms with van der Waals surface area (Å²) in [5, 5.41) is 4.97. The quantitative estimate of drug-likeness (QED) is 0.740. The van der Waals surface area contributed by atoms with Crippen LogP contribution in [0.25, 0.3) is 16.9 Å². The highest BCUT2D eigenvalue weighted by Gasteiger charge is 2.15. The maximum absolute atomic E-state index is 6.15. The SMILES string of the molecule is Cc1nn(-c2nc3ccccc3nc2N)c(C)c1Cl. The lowest BCUT2D eigenvalue weighted by atomic mass is 10.3. The second-order valence-corrected chi connectivity index (χ2v) is 4.70. The van der Waals surface area contributed by atoms with Crippen LogP contribution in [0.3, 0.4) is 0 Å². The molecule has 19 heavy (non-hydrogen) atoms. The van der Waals surface area contributed by atoms with Crippen LogP contribution >= 0.6 is 11.6 Å². The van der Waals surface area contributed by atoms with E-state index in [1.54, 1.807) is 4.68 Å². The summed E-state index contributed by atoms with van der Waals surface area (Å²) in [6.07, 6.45) is 0. The molecule has 0 spiro atoms. The summed E-state index contributed by atoms with van der Waals surface area (Å²) in [6.45, 7) is 3.72. The number of aromatic nitrogens is 4. The van der Waals surface area contributed by atoms with Crippen molar-refractivity contribution < 1.29 is 0 Å². The normalized spacial score (nSPS) is 11.1. The fraction of sp³-hybridized carbons (Fsp3) is 0.154. The Hall–Kier alpha value is -2.14. The Labute approximate surface area is 115 Å². The minimum Gasteiger partial charge on any atom is -0.381 e. The van der Waals surface area contributed by atoms with Gasteiger partial charge in [0.2, 0.25) is 0 Å². The highest BCUT2D eigenvalue weighted by atomic mass is 35.5. The van der Waals surface area contributed by atoms with Crippen molar-refractivity contribution in [2.75, 3.05) is 5.73 Å². The number of fused-ring (bicyclic) bond motifs is 1. The summed E-state index contributed by atoms with van der Waals surface area (Å²) in [6, 6.07) is 7.57. The molecule has 0 amide bonds. The van der Waals surface area contributed by atoms with Crippen LogP contribution in [0.15, 0.2) is 24.3 Å². The highest BCUT2D eigenvalue weighted by molar-refractivity contribution is 6.31. The number of nitrogens with two attached hydrogens (primary N) is 1. The number of nitrogen functional groups attached to an aromatic ring is 1. The van der Waals surface area contributed by atoms with Crippen LogP contribution in [0.1, 0.15) is 11.4 Å². The van der Waals surface area contributed by atoms with Gasteiger partial charge in [-0.1, -0.05) is 23.7 Å². The smallest absolute Gasteiger partial charge is 0.197 e. The molecule has 0 atom stereocenters. The summed E-state index contributed by atoms with van der Waals surface area (Å²) >= 11 is 6.15. The second-order valence-electron chi connectivity index (χ2n) is 4.32. The predicted octanol–water partition coefficient (Wildman–Crippen LogP) is 2.67. The molecule has 96 valence electrons. The van der Waals surface area contributed by atoms with E-state index in [0.29, 0.717) is 16.7 Å². The van der Waals surface area contributed by atoms with Crippen LogP contribution in [0.2, 0.25) is 5.02 Å². The van der Waals surface area contributed by atoms with Gasteiger partial charge in [-0.2, -0.15) is 5.10 Å². The van der Waals surface area contributed by atoms with Crippen molar-refractivity contribution in [3.8, 4) is 5.82 Å². The average Bonchev–Trinajstić information content (AvgIpc) is 2.66. The molecule has 1 aromatic carbocycles. The maximum atomic E-state index is 6.15. The summed E-state index contributed by atoms with van der Waals surface area (Å²) in [7, 11) is 0. The first-order chi connectivity index (χ1) is 9.08. The Morgan fingerprint density at radius 2 is 1.74 bits per heavy atom. The first-order valence-electron chi connectivity index (χ1n) is 5.82. The number of para-hydroxylation sites is 2. The maximum Gasteiger partial charge on any atom is 0.197 e. The monoisotopic (exact) mass is 273 g/mol.